The molecule has 1 rings (SSSR count). The standard InChI is InChI=1S/C12H23N3O3S.HI/c1-13-12(15-11-5-3-4-6-11)14-7-8-18-9-10-19(2,16)17;/h3-4,11H,5-10H2,1-2H3,(H2,13,14,15);1H. The van der Waals surface area contributed by atoms with E-state index in [2.05, 4.69) is 27.8 Å². The fourth-order valence-corrected chi connectivity index (χ4v) is 2.10. The number of guanidine groups is 1. The monoisotopic (exact) mass is 417 g/mol. The highest BCUT2D eigenvalue weighted by Crippen LogP contribution is 2.08. The van der Waals surface area contributed by atoms with Crippen LogP contribution in [0.3, 0.4) is 0 Å². The van der Waals surface area contributed by atoms with Gasteiger partial charge < -0.3 is 15.4 Å². The SMILES string of the molecule is CN=C(NCCOCCS(C)(=O)=O)NC1CC=CC1.I. The van der Waals surface area contributed by atoms with E-state index in [-0.39, 0.29) is 36.3 Å². The molecule has 20 heavy (non-hydrogen) atoms. The Morgan fingerprint density at radius 1 is 1.35 bits per heavy atom. The molecular weight excluding hydrogens is 393 g/mol. The maximum Gasteiger partial charge on any atom is 0.191 e. The van der Waals surface area contributed by atoms with Crippen LogP contribution in [0, 0.1) is 0 Å². The highest BCUT2D eigenvalue weighted by molar-refractivity contribution is 14.0. The van der Waals surface area contributed by atoms with Crippen molar-refractivity contribution in [2.24, 2.45) is 4.99 Å². The first kappa shape index (κ1) is 19.7. The van der Waals surface area contributed by atoms with E-state index < -0.39 is 9.84 Å². The molecule has 0 aromatic heterocycles. The van der Waals surface area contributed by atoms with Crippen molar-refractivity contribution in [1.82, 2.24) is 10.6 Å². The summed E-state index contributed by atoms with van der Waals surface area (Å²) in [6, 6.07) is 0.414. The van der Waals surface area contributed by atoms with E-state index in [1.54, 1.807) is 7.05 Å². The van der Waals surface area contributed by atoms with Gasteiger partial charge in [-0.1, -0.05) is 12.2 Å². The summed E-state index contributed by atoms with van der Waals surface area (Å²) in [7, 11) is -1.21. The van der Waals surface area contributed by atoms with Crippen molar-refractivity contribution in [3.8, 4) is 0 Å². The van der Waals surface area contributed by atoms with E-state index in [0.29, 0.717) is 19.2 Å². The summed E-state index contributed by atoms with van der Waals surface area (Å²) in [6.07, 6.45) is 7.55. The minimum Gasteiger partial charge on any atom is -0.379 e. The zero-order valence-corrected chi connectivity index (χ0v) is 15.1. The molecule has 0 aromatic rings. The number of aliphatic imine (C=N–C) groups is 1. The molecule has 0 bridgehead atoms. The van der Waals surface area contributed by atoms with Gasteiger partial charge in [0.2, 0.25) is 0 Å². The number of sulfone groups is 1. The zero-order valence-electron chi connectivity index (χ0n) is 12.0. The lowest BCUT2D eigenvalue weighted by Crippen LogP contribution is -2.43. The maximum absolute atomic E-state index is 10.9. The van der Waals surface area contributed by atoms with Gasteiger partial charge in [0.1, 0.15) is 9.84 Å². The number of nitrogens with zero attached hydrogens (tertiary/aromatic N) is 1. The Kier molecular flexibility index (Phi) is 10.2. The first-order valence-electron chi connectivity index (χ1n) is 6.39. The molecule has 0 fully saturated rings. The Hall–Kier alpha value is -0.350. The number of ether oxygens (including phenoxy) is 1. The fraction of sp³-hybridized carbons (Fsp3) is 0.750. The summed E-state index contributed by atoms with van der Waals surface area (Å²) >= 11 is 0. The molecular formula is C12H24IN3O3S. The van der Waals surface area contributed by atoms with Gasteiger partial charge in [0.15, 0.2) is 5.96 Å². The van der Waals surface area contributed by atoms with Gasteiger partial charge in [-0.15, -0.1) is 24.0 Å². The lowest BCUT2D eigenvalue weighted by molar-refractivity contribution is 0.154. The number of halogens is 1. The van der Waals surface area contributed by atoms with Crippen LogP contribution in [0.1, 0.15) is 12.8 Å². The largest absolute Gasteiger partial charge is 0.379 e. The van der Waals surface area contributed by atoms with E-state index in [9.17, 15) is 8.42 Å². The van der Waals surface area contributed by atoms with Crippen LogP contribution >= 0.6 is 24.0 Å². The Morgan fingerprint density at radius 3 is 2.55 bits per heavy atom. The quantitative estimate of drug-likeness (QED) is 0.208. The average Bonchev–Trinajstić information content (AvgIpc) is 2.83. The lowest BCUT2D eigenvalue weighted by Gasteiger charge is -2.16. The van der Waals surface area contributed by atoms with Crippen molar-refractivity contribution >= 4 is 39.8 Å². The van der Waals surface area contributed by atoms with Crippen LogP contribution in [0.5, 0.6) is 0 Å². The first-order valence-corrected chi connectivity index (χ1v) is 8.45. The van der Waals surface area contributed by atoms with E-state index >= 15 is 0 Å². The van der Waals surface area contributed by atoms with Gasteiger partial charge in [0.25, 0.3) is 0 Å². The van der Waals surface area contributed by atoms with Crippen molar-refractivity contribution in [2.75, 3.05) is 38.8 Å². The third-order valence-corrected chi connectivity index (χ3v) is 3.62. The molecule has 1 aliphatic carbocycles. The molecule has 0 saturated carbocycles. The average molecular weight is 417 g/mol. The Bertz CT molecular complexity index is 416. The van der Waals surface area contributed by atoms with Crippen LogP contribution in [0.2, 0.25) is 0 Å². The number of hydrogen-bond acceptors (Lipinski definition) is 4. The second-order valence-electron chi connectivity index (χ2n) is 4.53. The summed E-state index contributed by atoms with van der Waals surface area (Å²) in [4.78, 5) is 4.12. The topological polar surface area (TPSA) is 79.8 Å². The van der Waals surface area contributed by atoms with Gasteiger partial charge in [0.05, 0.1) is 19.0 Å². The molecule has 2 N–H and O–H groups in total. The molecule has 0 radical (unpaired) electrons. The van der Waals surface area contributed by atoms with Gasteiger partial charge in [-0.3, -0.25) is 4.99 Å². The van der Waals surface area contributed by atoms with Crippen LogP contribution < -0.4 is 10.6 Å². The third-order valence-electron chi connectivity index (χ3n) is 2.71. The first-order chi connectivity index (χ1) is 9.01. The van der Waals surface area contributed by atoms with Gasteiger partial charge in [-0.2, -0.15) is 0 Å². The van der Waals surface area contributed by atoms with Crippen LogP contribution in [-0.2, 0) is 14.6 Å². The summed E-state index contributed by atoms with van der Waals surface area (Å²) in [5.74, 6) is 0.814. The van der Waals surface area contributed by atoms with Crippen LogP contribution in [0.4, 0.5) is 0 Å². The lowest BCUT2D eigenvalue weighted by atomic mass is 10.2. The van der Waals surface area contributed by atoms with Gasteiger partial charge in [-0.05, 0) is 12.8 Å². The second kappa shape index (κ2) is 10.4. The van der Waals surface area contributed by atoms with E-state index in [1.807, 2.05) is 0 Å². The molecule has 0 spiro atoms. The molecule has 0 aliphatic heterocycles. The van der Waals surface area contributed by atoms with Crippen LogP contribution in [0.25, 0.3) is 0 Å². The van der Waals surface area contributed by atoms with Crippen LogP contribution in [0.15, 0.2) is 17.1 Å². The maximum atomic E-state index is 10.9. The molecule has 0 heterocycles. The normalized spacial score (nSPS) is 16.0. The molecule has 8 heteroatoms. The van der Waals surface area contributed by atoms with Gasteiger partial charge in [0, 0.05) is 25.9 Å². The van der Waals surface area contributed by atoms with Crippen molar-refractivity contribution in [1.29, 1.82) is 0 Å². The highest BCUT2D eigenvalue weighted by atomic mass is 127. The Morgan fingerprint density at radius 2 is 2.00 bits per heavy atom. The van der Waals surface area contributed by atoms with Gasteiger partial charge in [-0.25, -0.2) is 8.42 Å². The van der Waals surface area contributed by atoms with Crippen molar-refractivity contribution in [3.05, 3.63) is 12.2 Å². The number of hydrogen-bond donors (Lipinski definition) is 2. The Labute approximate surface area is 138 Å². The van der Waals surface area contributed by atoms with Crippen LogP contribution in [-0.4, -0.2) is 59.2 Å². The van der Waals surface area contributed by atoms with Crippen molar-refractivity contribution in [2.45, 2.75) is 18.9 Å². The number of rotatable bonds is 7. The fourth-order valence-electron chi connectivity index (χ4n) is 1.68. The Balaban J connectivity index is 0.00000361. The molecule has 0 atom stereocenters. The molecule has 118 valence electrons. The smallest absolute Gasteiger partial charge is 0.191 e. The van der Waals surface area contributed by atoms with Crippen molar-refractivity contribution in [3.63, 3.8) is 0 Å². The summed E-state index contributed by atoms with van der Waals surface area (Å²) in [6.45, 7) is 1.29. The molecule has 0 amide bonds. The molecule has 1 aliphatic rings. The van der Waals surface area contributed by atoms with E-state index in [1.165, 1.54) is 6.26 Å². The minimum absolute atomic E-state index is 0. The molecule has 0 saturated heterocycles. The summed E-state index contributed by atoms with van der Waals surface area (Å²) in [5.41, 5.74) is 0. The highest BCUT2D eigenvalue weighted by Gasteiger charge is 2.11. The second-order valence-corrected chi connectivity index (χ2v) is 6.79. The molecule has 0 unspecified atom stereocenters. The zero-order chi connectivity index (χ0) is 14.1. The predicted molar refractivity (Wildman–Crippen MR) is 92.6 cm³/mol. The molecule has 6 nitrogen and oxygen atoms in total. The van der Waals surface area contributed by atoms with Gasteiger partial charge >= 0.3 is 0 Å². The van der Waals surface area contributed by atoms with E-state index in [4.69, 9.17) is 4.74 Å². The predicted octanol–water partition coefficient (Wildman–Crippen LogP) is 0.549. The third kappa shape index (κ3) is 9.54. The summed E-state index contributed by atoms with van der Waals surface area (Å²) < 4.78 is 27.0. The minimum atomic E-state index is -2.94. The number of nitrogens with one attached hydrogen (secondary N) is 2. The van der Waals surface area contributed by atoms with E-state index in [0.717, 1.165) is 18.8 Å². The van der Waals surface area contributed by atoms with Crippen molar-refractivity contribution < 1.29 is 13.2 Å². The molecule has 0 aromatic carbocycles. The summed E-state index contributed by atoms with van der Waals surface area (Å²) in [5, 5.41) is 6.44.